The number of nitrogens with one attached hydrogen (secondary N) is 2. The van der Waals surface area contributed by atoms with E-state index in [1.807, 2.05) is 0 Å². The van der Waals surface area contributed by atoms with E-state index in [-0.39, 0.29) is 21.5 Å². The van der Waals surface area contributed by atoms with Gasteiger partial charge in [0.25, 0.3) is 15.9 Å². The van der Waals surface area contributed by atoms with Gasteiger partial charge in [-0.2, -0.15) is 0 Å². The van der Waals surface area contributed by atoms with Crippen LogP contribution < -0.4 is 10.0 Å². The number of halogens is 2. The Morgan fingerprint density at radius 2 is 1.94 bits per heavy atom. The predicted octanol–water partition coefficient (Wildman–Crippen LogP) is 4.52. The molecule has 1 aliphatic rings. The maximum atomic E-state index is 13.1. The largest absolute Gasteiger partial charge is 0.352 e. The highest BCUT2D eigenvalue weighted by atomic mass is 35.5. The number of rotatable bonds is 9. The van der Waals surface area contributed by atoms with Crippen LogP contribution in [0.2, 0.25) is 5.02 Å². The second-order valence-corrected chi connectivity index (χ2v) is 10.4. The topological polar surface area (TPSA) is 78.5 Å². The summed E-state index contributed by atoms with van der Waals surface area (Å²) >= 11 is 6.13. The average molecular weight is 482 g/mol. The Morgan fingerprint density at radius 3 is 2.66 bits per heavy atom. The summed E-state index contributed by atoms with van der Waals surface area (Å²) in [5.74, 6) is -0.0790. The van der Waals surface area contributed by atoms with E-state index >= 15 is 0 Å². The van der Waals surface area contributed by atoms with Gasteiger partial charge in [0.2, 0.25) is 0 Å². The number of carbonyl (C=O) groups excluding carboxylic acids is 1. The number of anilines is 1. The van der Waals surface area contributed by atoms with Gasteiger partial charge < -0.3 is 10.2 Å². The molecule has 9 heteroatoms. The second kappa shape index (κ2) is 11.1. The first-order valence-corrected chi connectivity index (χ1v) is 12.7. The van der Waals surface area contributed by atoms with Crippen molar-refractivity contribution in [3.05, 3.63) is 58.9 Å². The van der Waals surface area contributed by atoms with Gasteiger partial charge in [0, 0.05) is 18.7 Å². The molecule has 0 saturated carbocycles. The van der Waals surface area contributed by atoms with Crippen molar-refractivity contribution in [1.29, 1.82) is 0 Å². The minimum absolute atomic E-state index is 0.0860. The highest BCUT2D eigenvalue weighted by Crippen LogP contribution is 2.26. The Balaban J connectivity index is 1.53. The summed E-state index contributed by atoms with van der Waals surface area (Å²) in [6, 6.07) is 8.85. The molecule has 1 fully saturated rings. The lowest BCUT2D eigenvalue weighted by molar-refractivity contribution is 0.0952. The molecule has 1 unspecified atom stereocenters. The number of nitrogens with zero attached hydrogens (tertiary/aromatic N) is 1. The van der Waals surface area contributed by atoms with E-state index in [1.165, 1.54) is 25.0 Å². The monoisotopic (exact) mass is 481 g/mol. The molecule has 0 aromatic heterocycles. The van der Waals surface area contributed by atoms with Crippen molar-refractivity contribution in [3.8, 4) is 0 Å². The zero-order valence-corrected chi connectivity index (χ0v) is 19.7. The van der Waals surface area contributed by atoms with Crippen LogP contribution in [0.5, 0.6) is 0 Å². The van der Waals surface area contributed by atoms with Crippen LogP contribution in [-0.4, -0.2) is 45.4 Å². The number of unbranched alkanes of at least 4 members (excludes halogenated alkanes) is 1. The zero-order valence-electron chi connectivity index (χ0n) is 18.1. The summed E-state index contributed by atoms with van der Waals surface area (Å²) in [6.07, 6.45) is 4.43. The van der Waals surface area contributed by atoms with Crippen LogP contribution in [0.4, 0.5) is 10.1 Å². The molecular weight excluding hydrogens is 453 g/mol. The molecule has 1 atom stereocenters. The lowest BCUT2D eigenvalue weighted by Gasteiger charge is -2.30. The molecule has 1 heterocycles. The third-order valence-corrected chi connectivity index (χ3v) is 7.24. The van der Waals surface area contributed by atoms with E-state index in [9.17, 15) is 17.6 Å². The molecule has 174 valence electrons. The molecule has 0 bridgehead atoms. The number of hydrogen-bond acceptors (Lipinski definition) is 4. The van der Waals surface area contributed by atoms with Gasteiger partial charge in [0.1, 0.15) is 5.82 Å². The van der Waals surface area contributed by atoms with Gasteiger partial charge in [0.15, 0.2) is 0 Å². The predicted molar refractivity (Wildman–Crippen MR) is 125 cm³/mol. The quantitative estimate of drug-likeness (QED) is 0.516. The van der Waals surface area contributed by atoms with Crippen molar-refractivity contribution in [1.82, 2.24) is 10.2 Å². The fourth-order valence-electron chi connectivity index (χ4n) is 3.82. The molecule has 1 aliphatic heterocycles. The average Bonchev–Trinajstić information content (AvgIpc) is 2.75. The number of piperidine rings is 1. The van der Waals surface area contributed by atoms with E-state index in [1.54, 1.807) is 6.07 Å². The van der Waals surface area contributed by atoms with Crippen LogP contribution in [0, 0.1) is 11.7 Å². The van der Waals surface area contributed by atoms with Crippen molar-refractivity contribution >= 4 is 33.2 Å². The lowest BCUT2D eigenvalue weighted by Crippen LogP contribution is -2.35. The molecule has 1 saturated heterocycles. The van der Waals surface area contributed by atoms with Crippen LogP contribution >= 0.6 is 11.6 Å². The summed E-state index contributed by atoms with van der Waals surface area (Å²) in [7, 11) is -3.97. The summed E-state index contributed by atoms with van der Waals surface area (Å²) in [5, 5.41) is 3.03. The Morgan fingerprint density at radius 1 is 1.19 bits per heavy atom. The van der Waals surface area contributed by atoms with Gasteiger partial charge in [-0.05, 0) is 87.2 Å². The Hall–Kier alpha value is -2.16. The Labute approximate surface area is 194 Å². The Kier molecular flexibility index (Phi) is 8.51. The lowest BCUT2D eigenvalue weighted by atomic mass is 10.0. The van der Waals surface area contributed by atoms with Gasteiger partial charge in [-0.15, -0.1) is 0 Å². The van der Waals surface area contributed by atoms with Crippen molar-refractivity contribution in [2.75, 3.05) is 30.9 Å². The first kappa shape index (κ1) is 24.5. The molecular formula is C23H29ClFN3O3S. The first-order valence-electron chi connectivity index (χ1n) is 10.8. The third kappa shape index (κ3) is 6.92. The highest BCUT2D eigenvalue weighted by Gasteiger charge is 2.18. The van der Waals surface area contributed by atoms with E-state index in [2.05, 4.69) is 21.9 Å². The summed E-state index contributed by atoms with van der Waals surface area (Å²) in [4.78, 5) is 14.9. The highest BCUT2D eigenvalue weighted by molar-refractivity contribution is 7.92. The number of carbonyl (C=O) groups is 1. The molecule has 0 radical (unpaired) electrons. The van der Waals surface area contributed by atoms with Crippen LogP contribution in [0.3, 0.4) is 0 Å². The fourth-order valence-corrected chi connectivity index (χ4v) is 5.11. The molecule has 0 aliphatic carbocycles. The zero-order chi connectivity index (χ0) is 23.1. The van der Waals surface area contributed by atoms with Gasteiger partial charge in [0.05, 0.1) is 15.6 Å². The second-order valence-electron chi connectivity index (χ2n) is 8.27. The van der Waals surface area contributed by atoms with E-state index in [0.717, 1.165) is 62.7 Å². The third-order valence-electron chi connectivity index (χ3n) is 5.52. The van der Waals surface area contributed by atoms with Crippen molar-refractivity contribution in [3.63, 3.8) is 0 Å². The van der Waals surface area contributed by atoms with Gasteiger partial charge in [-0.25, -0.2) is 12.8 Å². The summed E-state index contributed by atoms with van der Waals surface area (Å²) in [5.41, 5.74) is 0.388. The normalized spacial score (nSPS) is 17.2. The molecule has 2 aromatic rings. The number of hydrogen-bond donors (Lipinski definition) is 2. The molecule has 2 N–H and O–H groups in total. The molecule has 2 aromatic carbocycles. The fraction of sp³-hybridized carbons (Fsp3) is 0.435. The number of benzene rings is 2. The van der Waals surface area contributed by atoms with Crippen molar-refractivity contribution in [2.45, 2.75) is 37.5 Å². The minimum atomic E-state index is -3.97. The van der Waals surface area contributed by atoms with Crippen molar-refractivity contribution < 1.29 is 17.6 Å². The molecule has 6 nitrogen and oxygen atoms in total. The summed E-state index contributed by atoms with van der Waals surface area (Å²) in [6.45, 7) is 6.16. The van der Waals surface area contributed by atoms with E-state index < -0.39 is 15.8 Å². The Bertz CT molecular complexity index is 1030. The number of sulfonamides is 1. The molecule has 32 heavy (non-hydrogen) atoms. The van der Waals surface area contributed by atoms with Crippen LogP contribution in [0.25, 0.3) is 0 Å². The van der Waals surface area contributed by atoms with E-state index in [0.29, 0.717) is 12.1 Å². The van der Waals surface area contributed by atoms with Crippen LogP contribution in [0.15, 0.2) is 47.4 Å². The van der Waals surface area contributed by atoms with Gasteiger partial charge >= 0.3 is 0 Å². The molecule has 0 spiro atoms. The first-order chi connectivity index (χ1) is 15.2. The van der Waals surface area contributed by atoms with Crippen molar-refractivity contribution in [2.24, 2.45) is 5.92 Å². The maximum Gasteiger partial charge on any atom is 0.261 e. The summed E-state index contributed by atoms with van der Waals surface area (Å²) < 4.78 is 40.5. The van der Waals surface area contributed by atoms with Crippen LogP contribution in [0.1, 0.15) is 43.0 Å². The standard InChI is InChI=1S/C23H29ClFN3O3S/c1-17-5-4-14-28(16-17)13-3-2-12-26-23(29)18-6-11-21(24)22(15-18)27-32(30,31)20-9-7-19(25)8-10-20/h6-11,15,17,27H,2-5,12-14,16H2,1H3,(H,26,29). The van der Waals surface area contributed by atoms with Crippen LogP contribution in [-0.2, 0) is 10.0 Å². The smallest absolute Gasteiger partial charge is 0.261 e. The number of amides is 1. The van der Waals surface area contributed by atoms with E-state index in [4.69, 9.17) is 11.6 Å². The molecule has 1 amide bonds. The molecule has 3 rings (SSSR count). The SMILES string of the molecule is CC1CCCN(CCCCNC(=O)c2ccc(Cl)c(NS(=O)(=O)c3ccc(F)cc3)c2)C1. The number of likely N-dealkylation sites (tertiary alicyclic amines) is 1. The van der Waals surface area contributed by atoms with Gasteiger partial charge in [-0.1, -0.05) is 18.5 Å². The van der Waals surface area contributed by atoms with Gasteiger partial charge in [-0.3, -0.25) is 9.52 Å². The minimum Gasteiger partial charge on any atom is -0.352 e. The maximum absolute atomic E-state index is 13.1.